The van der Waals surface area contributed by atoms with Gasteiger partial charge in [0.2, 0.25) is 15.9 Å². The SMILES string of the molecule is COc1ccc(S(=O)(=O)NCC2CCC(C(=O)N3CCOCC3)CC2)cc1. The van der Waals surface area contributed by atoms with Gasteiger partial charge in [-0.15, -0.1) is 0 Å². The van der Waals surface area contributed by atoms with E-state index in [-0.39, 0.29) is 22.6 Å². The van der Waals surface area contributed by atoms with Crippen LogP contribution in [0.15, 0.2) is 29.2 Å². The van der Waals surface area contributed by atoms with Crippen molar-refractivity contribution < 1.29 is 22.7 Å². The lowest BCUT2D eigenvalue weighted by atomic mass is 9.81. The molecule has 1 heterocycles. The van der Waals surface area contributed by atoms with Gasteiger partial charge in [-0.2, -0.15) is 0 Å². The molecule has 2 aliphatic rings. The third-order valence-corrected chi connectivity index (χ3v) is 6.89. The number of nitrogens with one attached hydrogen (secondary N) is 1. The molecule has 1 amide bonds. The van der Waals surface area contributed by atoms with Gasteiger partial charge in [0, 0.05) is 25.6 Å². The van der Waals surface area contributed by atoms with Crippen molar-refractivity contribution in [2.75, 3.05) is 40.0 Å². The zero-order valence-electron chi connectivity index (χ0n) is 15.7. The maximum Gasteiger partial charge on any atom is 0.240 e. The van der Waals surface area contributed by atoms with E-state index in [0.717, 1.165) is 25.7 Å². The fourth-order valence-corrected chi connectivity index (χ4v) is 4.84. The predicted molar refractivity (Wildman–Crippen MR) is 101 cm³/mol. The first kappa shape index (κ1) is 20.1. The van der Waals surface area contributed by atoms with Crippen LogP contribution in [-0.2, 0) is 19.6 Å². The van der Waals surface area contributed by atoms with Gasteiger partial charge >= 0.3 is 0 Å². The zero-order chi connectivity index (χ0) is 19.3. The average molecular weight is 397 g/mol. The maximum atomic E-state index is 12.6. The van der Waals surface area contributed by atoms with Crippen LogP contribution >= 0.6 is 0 Å². The first-order chi connectivity index (χ1) is 13.0. The molecule has 0 atom stereocenters. The Morgan fingerprint density at radius 2 is 1.78 bits per heavy atom. The molecule has 1 N–H and O–H groups in total. The van der Waals surface area contributed by atoms with Crippen LogP contribution in [0.4, 0.5) is 0 Å². The second-order valence-corrected chi connectivity index (χ2v) is 8.95. The minimum absolute atomic E-state index is 0.0672. The monoisotopic (exact) mass is 396 g/mol. The molecule has 1 saturated heterocycles. The molecule has 7 nitrogen and oxygen atoms in total. The zero-order valence-corrected chi connectivity index (χ0v) is 16.5. The van der Waals surface area contributed by atoms with Gasteiger partial charge in [0.1, 0.15) is 5.75 Å². The minimum atomic E-state index is -3.53. The molecule has 150 valence electrons. The molecular weight excluding hydrogens is 368 g/mol. The summed E-state index contributed by atoms with van der Waals surface area (Å²) < 4.78 is 37.9. The van der Waals surface area contributed by atoms with Gasteiger partial charge < -0.3 is 14.4 Å². The van der Waals surface area contributed by atoms with E-state index in [1.807, 2.05) is 4.90 Å². The van der Waals surface area contributed by atoms with Crippen molar-refractivity contribution in [1.29, 1.82) is 0 Å². The fourth-order valence-electron chi connectivity index (χ4n) is 3.72. The van der Waals surface area contributed by atoms with Crippen molar-refractivity contribution in [3.63, 3.8) is 0 Å². The highest BCUT2D eigenvalue weighted by Gasteiger charge is 2.30. The highest BCUT2D eigenvalue weighted by molar-refractivity contribution is 7.89. The molecule has 0 unspecified atom stereocenters. The van der Waals surface area contributed by atoms with Crippen LogP contribution < -0.4 is 9.46 Å². The molecule has 3 rings (SSSR count). The molecule has 1 aromatic carbocycles. The van der Waals surface area contributed by atoms with Gasteiger partial charge in [-0.25, -0.2) is 13.1 Å². The Bertz CT molecular complexity index is 721. The highest BCUT2D eigenvalue weighted by Crippen LogP contribution is 2.30. The average Bonchev–Trinajstić information content (AvgIpc) is 2.73. The van der Waals surface area contributed by atoms with E-state index in [1.165, 1.54) is 0 Å². The van der Waals surface area contributed by atoms with Gasteiger partial charge in [-0.05, 0) is 55.9 Å². The third kappa shape index (κ3) is 5.21. The first-order valence-corrected chi connectivity index (χ1v) is 11.0. The summed E-state index contributed by atoms with van der Waals surface area (Å²) in [4.78, 5) is 14.7. The molecule has 1 aliphatic carbocycles. The molecule has 0 aromatic heterocycles. The highest BCUT2D eigenvalue weighted by atomic mass is 32.2. The number of benzene rings is 1. The number of rotatable bonds is 6. The molecule has 1 aromatic rings. The summed E-state index contributed by atoms with van der Waals surface area (Å²) in [5.74, 6) is 1.19. The van der Waals surface area contributed by atoms with Crippen LogP contribution in [0.1, 0.15) is 25.7 Å². The van der Waals surface area contributed by atoms with Gasteiger partial charge in [-0.1, -0.05) is 0 Å². The molecule has 2 fully saturated rings. The molecule has 0 spiro atoms. The van der Waals surface area contributed by atoms with E-state index in [0.29, 0.717) is 38.6 Å². The number of methoxy groups -OCH3 is 1. The number of nitrogens with zero attached hydrogens (tertiary/aromatic N) is 1. The van der Waals surface area contributed by atoms with Crippen molar-refractivity contribution >= 4 is 15.9 Å². The number of hydrogen-bond acceptors (Lipinski definition) is 5. The van der Waals surface area contributed by atoms with Crippen LogP contribution in [0.2, 0.25) is 0 Å². The summed E-state index contributed by atoms with van der Waals surface area (Å²) in [5.41, 5.74) is 0. The molecule has 0 radical (unpaired) electrons. The van der Waals surface area contributed by atoms with Crippen molar-refractivity contribution in [2.45, 2.75) is 30.6 Å². The quantitative estimate of drug-likeness (QED) is 0.790. The van der Waals surface area contributed by atoms with Crippen LogP contribution in [0.3, 0.4) is 0 Å². The normalized spacial score (nSPS) is 23.8. The number of carbonyl (C=O) groups is 1. The topological polar surface area (TPSA) is 84.9 Å². The van der Waals surface area contributed by atoms with E-state index in [1.54, 1.807) is 31.4 Å². The van der Waals surface area contributed by atoms with E-state index in [2.05, 4.69) is 4.72 Å². The summed E-state index contributed by atoms with van der Waals surface area (Å²) in [6.45, 7) is 3.01. The van der Waals surface area contributed by atoms with E-state index >= 15 is 0 Å². The molecular formula is C19H28N2O5S. The van der Waals surface area contributed by atoms with Gasteiger partial charge in [0.15, 0.2) is 0 Å². The largest absolute Gasteiger partial charge is 0.497 e. The second-order valence-electron chi connectivity index (χ2n) is 7.18. The summed E-state index contributed by atoms with van der Waals surface area (Å²) in [6, 6.07) is 6.35. The Balaban J connectivity index is 1.46. The van der Waals surface area contributed by atoms with Crippen LogP contribution in [-0.4, -0.2) is 59.2 Å². The molecule has 27 heavy (non-hydrogen) atoms. The van der Waals surface area contributed by atoms with Gasteiger partial charge in [0.25, 0.3) is 0 Å². The Hall–Kier alpha value is -1.64. The van der Waals surface area contributed by atoms with Crippen molar-refractivity contribution in [3.05, 3.63) is 24.3 Å². The maximum absolute atomic E-state index is 12.6. The Morgan fingerprint density at radius 1 is 1.15 bits per heavy atom. The number of hydrogen-bond donors (Lipinski definition) is 1. The van der Waals surface area contributed by atoms with Gasteiger partial charge in [0.05, 0.1) is 25.2 Å². The predicted octanol–water partition coefficient (Wildman–Crippen LogP) is 1.64. The molecule has 8 heteroatoms. The van der Waals surface area contributed by atoms with E-state index in [9.17, 15) is 13.2 Å². The molecule has 0 bridgehead atoms. The van der Waals surface area contributed by atoms with Crippen LogP contribution in [0.25, 0.3) is 0 Å². The van der Waals surface area contributed by atoms with Crippen molar-refractivity contribution in [1.82, 2.24) is 9.62 Å². The van der Waals surface area contributed by atoms with Crippen LogP contribution in [0, 0.1) is 11.8 Å². The molecule has 1 saturated carbocycles. The van der Waals surface area contributed by atoms with Gasteiger partial charge in [-0.3, -0.25) is 4.79 Å². The summed E-state index contributed by atoms with van der Waals surface area (Å²) in [7, 11) is -1.98. The number of sulfonamides is 1. The van der Waals surface area contributed by atoms with Crippen molar-refractivity contribution in [2.24, 2.45) is 11.8 Å². The number of amides is 1. The number of ether oxygens (including phenoxy) is 2. The van der Waals surface area contributed by atoms with Crippen molar-refractivity contribution in [3.8, 4) is 5.75 Å². The van der Waals surface area contributed by atoms with E-state index < -0.39 is 10.0 Å². The number of carbonyl (C=O) groups excluding carboxylic acids is 1. The van der Waals surface area contributed by atoms with Crippen LogP contribution in [0.5, 0.6) is 5.75 Å². The standard InChI is InChI=1S/C19H28N2O5S/c1-25-17-6-8-18(9-7-17)27(23,24)20-14-15-2-4-16(5-3-15)19(22)21-10-12-26-13-11-21/h6-9,15-16,20H,2-5,10-14H2,1H3. The molecule has 1 aliphatic heterocycles. The fraction of sp³-hybridized carbons (Fsp3) is 0.632. The minimum Gasteiger partial charge on any atom is -0.497 e. The van der Waals surface area contributed by atoms with E-state index in [4.69, 9.17) is 9.47 Å². The lowest BCUT2D eigenvalue weighted by molar-refractivity contribution is -0.140. The summed E-state index contributed by atoms with van der Waals surface area (Å²) in [5, 5.41) is 0. The Morgan fingerprint density at radius 3 is 2.37 bits per heavy atom. The lowest BCUT2D eigenvalue weighted by Crippen LogP contribution is -2.44. The number of morpholine rings is 1. The Labute approximate surface area is 161 Å². The third-order valence-electron chi connectivity index (χ3n) is 5.45. The first-order valence-electron chi connectivity index (χ1n) is 9.50. The second kappa shape index (κ2) is 9.03. The summed E-state index contributed by atoms with van der Waals surface area (Å²) in [6.07, 6.45) is 3.38. The summed E-state index contributed by atoms with van der Waals surface area (Å²) >= 11 is 0. The lowest BCUT2D eigenvalue weighted by Gasteiger charge is -2.34. The Kier molecular flexibility index (Phi) is 6.73. The smallest absolute Gasteiger partial charge is 0.240 e.